The highest BCUT2D eigenvalue weighted by atomic mass is 32.2. The van der Waals surface area contributed by atoms with E-state index in [-0.39, 0.29) is 4.90 Å². The Bertz CT molecular complexity index is 628. The second kappa shape index (κ2) is 5.61. The van der Waals surface area contributed by atoms with Crippen LogP contribution in [-0.2, 0) is 10.0 Å². The highest BCUT2D eigenvalue weighted by Gasteiger charge is 2.15. The zero-order valence-corrected chi connectivity index (χ0v) is 11.1. The van der Waals surface area contributed by atoms with Gasteiger partial charge in [0.1, 0.15) is 4.90 Å². The molecule has 19 heavy (non-hydrogen) atoms. The Morgan fingerprint density at radius 2 is 1.95 bits per heavy atom. The summed E-state index contributed by atoms with van der Waals surface area (Å²) < 4.78 is 26.5. The average Bonchev–Trinajstić information content (AvgIpc) is 2.40. The Morgan fingerprint density at radius 3 is 2.53 bits per heavy atom. The molecule has 2 rings (SSSR count). The van der Waals surface area contributed by atoms with Gasteiger partial charge >= 0.3 is 0 Å². The third-order valence-electron chi connectivity index (χ3n) is 2.19. The van der Waals surface area contributed by atoms with E-state index >= 15 is 0 Å². The van der Waals surface area contributed by atoms with Gasteiger partial charge in [0.2, 0.25) is 5.95 Å². The van der Waals surface area contributed by atoms with E-state index in [0.29, 0.717) is 18.2 Å². The summed E-state index contributed by atoms with van der Waals surface area (Å²) >= 11 is 0. The van der Waals surface area contributed by atoms with Crippen LogP contribution in [0.25, 0.3) is 0 Å². The second-order valence-corrected chi connectivity index (χ2v) is 5.30. The van der Waals surface area contributed by atoms with Gasteiger partial charge in [0.15, 0.2) is 0 Å². The summed E-state index contributed by atoms with van der Waals surface area (Å²) in [4.78, 5) is 11.7. The van der Waals surface area contributed by atoms with E-state index in [2.05, 4.69) is 25.0 Å². The molecule has 0 aliphatic rings. The van der Waals surface area contributed by atoms with Gasteiger partial charge in [-0.05, 0) is 19.1 Å². The van der Waals surface area contributed by atoms with Crippen molar-refractivity contribution in [2.75, 3.05) is 16.6 Å². The van der Waals surface area contributed by atoms with E-state index in [4.69, 9.17) is 0 Å². The predicted molar refractivity (Wildman–Crippen MR) is 71.2 cm³/mol. The zero-order valence-electron chi connectivity index (χ0n) is 10.2. The third-order valence-corrected chi connectivity index (χ3v) is 3.52. The monoisotopic (exact) mass is 279 g/mol. The first-order valence-corrected chi connectivity index (χ1v) is 7.09. The molecule has 0 spiro atoms. The molecule has 0 radical (unpaired) electrons. The van der Waals surface area contributed by atoms with Crippen molar-refractivity contribution >= 4 is 21.7 Å². The van der Waals surface area contributed by atoms with Gasteiger partial charge in [-0.1, -0.05) is 0 Å². The third kappa shape index (κ3) is 3.38. The molecule has 0 saturated carbocycles. The molecule has 7 nitrogen and oxygen atoms in total. The molecule has 2 heterocycles. The Labute approximate surface area is 111 Å². The number of rotatable bonds is 5. The highest BCUT2D eigenvalue weighted by Crippen LogP contribution is 2.13. The minimum Gasteiger partial charge on any atom is -0.355 e. The summed E-state index contributed by atoms with van der Waals surface area (Å²) in [6.07, 6.45) is 5.49. The van der Waals surface area contributed by atoms with Gasteiger partial charge in [-0.25, -0.2) is 18.4 Å². The Balaban J connectivity index is 2.20. The first kappa shape index (κ1) is 13.2. The number of hydrogen-bond acceptors (Lipinski definition) is 6. The number of hydrogen-bond donors (Lipinski definition) is 2. The van der Waals surface area contributed by atoms with Crippen molar-refractivity contribution in [3.8, 4) is 0 Å². The molecular formula is C11H13N5O2S. The minimum atomic E-state index is -3.69. The molecule has 0 unspecified atom stereocenters. The van der Waals surface area contributed by atoms with Gasteiger partial charge in [-0.15, -0.1) is 0 Å². The molecule has 2 aromatic rings. The van der Waals surface area contributed by atoms with Crippen molar-refractivity contribution in [1.29, 1.82) is 0 Å². The van der Waals surface area contributed by atoms with E-state index in [9.17, 15) is 8.42 Å². The van der Waals surface area contributed by atoms with Crippen LogP contribution >= 0.6 is 0 Å². The molecule has 0 aliphatic heterocycles. The first-order chi connectivity index (χ1) is 9.12. The van der Waals surface area contributed by atoms with Crippen LogP contribution < -0.4 is 10.0 Å². The summed E-state index contributed by atoms with van der Waals surface area (Å²) in [5, 5.41) is 2.89. The maximum absolute atomic E-state index is 12.0. The first-order valence-electron chi connectivity index (χ1n) is 5.60. The van der Waals surface area contributed by atoms with Crippen LogP contribution in [0.4, 0.5) is 11.6 Å². The lowest BCUT2D eigenvalue weighted by Crippen LogP contribution is -2.14. The van der Waals surface area contributed by atoms with E-state index in [1.807, 2.05) is 6.92 Å². The Morgan fingerprint density at radius 1 is 1.21 bits per heavy atom. The Hall–Kier alpha value is -2.22. The lowest BCUT2D eigenvalue weighted by molar-refractivity contribution is 0.600. The molecule has 0 aliphatic carbocycles. The molecule has 0 fully saturated rings. The number of nitrogens with zero attached hydrogens (tertiary/aromatic N) is 3. The molecule has 0 bridgehead atoms. The van der Waals surface area contributed by atoms with Crippen LogP contribution in [0.2, 0.25) is 0 Å². The summed E-state index contributed by atoms with van der Waals surface area (Å²) in [6.45, 7) is 2.57. The maximum atomic E-state index is 12.0. The summed E-state index contributed by atoms with van der Waals surface area (Å²) in [5.74, 6) is 0.392. The summed E-state index contributed by atoms with van der Waals surface area (Å²) in [5.41, 5.74) is 0.387. The fourth-order valence-corrected chi connectivity index (χ4v) is 2.27. The summed E-state index contributed by atoms with van der Waals surface area (Å²) in [7, 11) is -3.69. The SMILES string of the molecule is CCNc1ncc(S(=O)(=O)Nc2cccnc2)cn1. The van der Waals surface area contributed by atoms with Crippen molar-refractivity contribution in [3.63, 3.8) is 0 Å². The van der Waals surface area contributed by atoms with Crippen LogP contribution in [0.3, 0.4) is 0 Å². The molecule has 0 atom stereocenters. The number of nitrogens with one attached hydrogen (secondary N) is 2. The molecule has 0 saturated heterocycles. The topological polar surface area (TPSA) is 96.9 Å². The van der Waals surface area contributed by atoms with E-state index < -0.39 is 10.0 Å². The zero-order chi connectivity index (χ0) is 13.7. The van der Waals surface area contributed by atoms with Crippen LogP contribution in [0.15, 0.2) is 41.8 Å². The van der Waals surface area contributed by atoms with Gasteiger partial charge in [0, 0.05) is 12.7 Å². The highest BCUT2D eigenvalue weighted by molar-refractivity contribution is 7.92. The van der Waals surface area contributed by atoms with Crippen molar-refractivity contribution in [2.45, 2.75) is 11.8 Å². The van der Waals surface area contributed by atoms with E-state index in [1.165, 1.54) is 18.6 Å². The Kier molecular flexibility index (Phi) is 3.91. The number of aromatic nitrogens is 3. The average molecular weight is 279 g/mol. The van der Waals surface area contributed by atoms with Crippen molar-refractivity contribution in [1.82, 2.24) is 15.0 Å². The van der Waals surface area contributed by atoms with Crippen LogP contribution in [0.5, 0.6) is 0 Å². The molecule has 0 amide bonds. The fourth-order valence-electron chi connectivity index (χ4n) is 1.34. The molecule has 2 N–H and O–H groups in total. The van der Waals surface area contributed by atoms with Crippen LogP contribution in [-0.4, -0.2) is 29.9 Å². The van der Waals surface area contributed by atoms with Gasteiger partial charge in [0.25, 0.3) is 10.0 Å². The van der Waals surface area contributed by atoms with Crippen molar-refractivity contribution in [3.05, 3.63) is 36.9 Å². The molecule has 0 aromatic carbocycles. The second-order valence-electron chi connectivity index (χ2n) is 3.62. The van der Waals surface area contributed by atoms with Crippen LogP contribution in [0, 0.1) is 0 Å². The van der Waals surface area contributed by atoms with E-state index in [1.54, 1.807) is 18.3 Å². The standard InChI is InChI=1S/C11H13N5O2S/c1-2-13-11-14-7-10(8-15-11)19(17,18)16-9-4-3-5-12-6-9/h3-8,16H,2H2,1H3,(H,13,14,15). The number of pyridine rings is 1. The molecular weight excluding hydrogens is 266 g/mol. The molecule has 8 heteroatoms. The lowest BCUT2D eigenvalue weighted by atomic mass is 10.4. The number of sulfonamides is 1. The number of anilines is 2. The minimum absolute atomic E-state index is 0.00185. The maximum Gasteiger partial charge on any atom is 0.265 e. The van der Waals surface area contributed by atoms with Gasteiger partial charge in [0.05, 0.1) is 24.3 Å². The summed E-state index contributed by atoms with van der Waals surface area (Å²) in [6, 6.07) is 3.25. The quantitative estimate of drug-likeness (QED) is 0.850. The fraction of sp³-hybridized carbons (Fsp3) is 0.182. The normalized spacial score (nSPS) is 11.0. The van der Waals surface area contributed by atoms with Gasteiger partial charge < -0.3 is 5.32 Å². The smallest absolute Gasteiger partial charge is 0.265 e. The van der Waals surface area contributed by atoms with Gasteiger partial charge in [-0.2, -0.15) is 0 Å². The predicted octanol–water partition coefficient (Wildman–Crippen LogP) is 1.10. The molecule has 100 valence electrons. The van der Waals surface area contributed by atoms with Crippen molar-refractivity contribution in [2.24, 2.45) is 0 Å². The molecule has 2 aromatic heterocycles. The van der Waals surface area contributed by atoms with E-state index in [0.717, 1.165) is 0 Å². The van der Waals surface area contributed by atoms with Gasteiger partial charge in [-0.3, -0.25) is 9.71 Å². The largest absolute Gasteiger partial charge is 0.355 e. The van der Waals surface area contributed by atoms with Crippen LogP contribution in [0.1, 0.15) is 6.92 Å². The lowest BCUT2D eigenvalue weighted by Gasteiger charge is -2.07. The van der Waals surface area contributed by atoms with Crippen molar-refractivity contribution < 1.29 is 8.42 Å².